The second-order valence-corrected chi connectivity index (χ2v) is 6.43. The van der Waals surface area contributed by atoms with Gasteiger partial charge in [-0.05, 0) is 38.0 Å². The van der Waals surface area contributed by atoms with Crippen molar-refractivity contribution in [1.29, 1.82) is 0 Å². The van der Waals surface area contributed by atoms with Crippen molar-refractivity contribution in [3.05, 3.63) is 35.4 Å². The standard InChI is InChI=1S/C18H21NO3/c1-19-8-7-18-11-4-5-13(20)17(18)22-16-14(21-2)6-3-10(15(16)18)9-12(11)19/h3-6,11-13,17,20H,7-9H2,1-2H3/t11-,12+,13?,17?,18-/m0/s1/i1D3,2D3,3D,6D,13D. The number of piperidine rings is 1. The van der Waals surface area contributed by atoms with Crippen molar-refractivity contribution in [2.24, 2.45) is 5.92 Å². The summed E-state index contributed by atoms with van der Waals surface area (Å²) in [6.07, 6.45) is 0.00993. The number of likely N-dealkylation sites (N-methyl/N-ethyl adjacent to an activating group) is 1. The Morgan fingerprint density at radius 2 is 2.50 bits per heavy atom. The molecular weight excluding hydrogens is 278 g/mol. The van der Waals surface area contributed by atoms with Gasteiger partial charge >= 0.3 is 0 Å². The van der Waals surface area contributed by atoms with Crippen LogP contribution in [-0.2, 0) is 11.8 Å². The first-order valence-corrected chi connectivity index (χ1v) is 7.39. The highest BCUT2D eigenvalue weighted by molar-refractivity contribution is 5.62. The fourth-order valence-electron chi connectivity index (χ4n) is 4.82. The summed E-state index contributed by atoms with van der Waals surface area (Å²) in [4.78, 5) is 1.40. The van der Waals surface area contributed by atoms with Gasteiger partial charge in [0.1, 0.15) is 12.2 Å². The molecule has 0 radical (unpaired) electrons. The number of aliphatic hydroxyl groups is 1. The van der Waals surface area contributed by atoms with Gasteiger partial charge in [-0.3, -0.25) is 0 Å². The maximum absolute atomic E-state index is 10.8. The molecule has 0 aromatic heterocycles. The van der Waals surface area contributed by atoms with E-state index in [-0.39, 0.29) is 31.2 Å². The Hall–Kier alpha value is -1.52. The van der Waals surface area contributed by atoms with Crippen molar-refractivity contribution < 1.29 is 26.9 Å². The van der Waals surface area contributed by atoms with Crippen LogP contribution in [0.15, 0.2) is 24.2 Å². The number of hydrogen-bond donors (Lipinski definition) is 1. The van der Waals surface area contributed by atoms with Gasteiger partial charge in [-0.2, -0.15) is 0 Å². The molecule has 2 heterocycles. The fraction of sp³-hybridized carbons (Fsp3) is 0.556. The van der Waals surface area contributed by atoms with Crippen LogP contribution >= 0.6 is 0 Å². The number of likely N-dealkylation sites (tertiary alicyclic amines) is 1. The summed E-state index contributed by atoms with van der Waals surface area (Å²) in [5, 5.41) is 10.8. The third-order valence-electron chi connectivity index (χ3n) is 5.67. The first-order chi connectivity index (χ1) is 14.2. The summed E-state index contributed by atoms with van der Waals surface area (Å²) in [5.74, 6) is -0.862. The molecule has 4 aliphatic rings. The molecule has 4 heteroatoms. The number of rotatable bonds is 1. The smallest absolute Gasteiger partial charge is 0.165 e. The molecule has 5 rings (SSSR count). The van der Waals surface area contributed by atoms with E-state index in [2.05, 4.69) is 0 Å². The number of nitrogens with zero attached hydrogens (tertiary/aromatic N) is 1. The summed E-state index contributed by atoms with van der Waals surface area (Å²) in [5.41, 5.74) is -0.155. The first kappa shape index (κ1) is 6.93. The SMILES string of the molecule is [2H]c1c([2H])c(OC([2H])([2H])[2H])c2c3c1C[C@@H]1[C@@H]4C=CC([2H])(O)C(O2)[C@]34CCN1C([2H])([2H])[2H]. The van der Waals surface area contributed by atoms with E-state index in [1.165, 1.54) is 11.0 Å². The molecule has 0 amide bonds. The molecule has 4 nitrogen and oxygen atoms in total. The lowest BCUT2D eigenvalue weighted by molar-refractivity contribution is -0.0453. The van der Waals surface area contributed by atoms with Crippen molar-refractivity contribution >= 4 is 0 Å². The van der Waals surface area contributed by atoms with E-state index in [4.69, 9.17) is 21.8 Å². The lowest BCUT2D eigenvalue weighted by atomic mass is 9.53. The van der Waals surface area contributed by atoms with Crippen molar-refractivity contribution in [2.75, 3.05) is 20.6 Å². The summed E-state index contributed by atoms with van der Waals surface area (Å²) >= 11 is 0. The van der Waals surface area contributed by atoms with Crippen molar-refractivity contribution in [3.8, 4) is 11.5 Å². The molecule has 1 aromatic rings. The maximum atomic E-state index is 10.8. The third-order valence-corrected chi connectivity index (χ3v) is 5.67. The molecule has 2 bridgehead atoms. The van der Waals surface area contributed by atoms with Crippen LogP contribution in [0.25, 0.3) is 0 Å². The second-order valence-electron chi connectivity index (χ2n) is 6.43. The predicted molar refractivity (Wildman–Crippen MR) is 82.5 cm³/mol. The van der Waals surface area contributed by atoms with E-state index in [0.717, 1.165) is 0 Å². The maximum Gasteiger partial charge on any atom is 0.165 e. The van der Waals surface area contributed by atoms with Gasteiger partial charge < -0.3 is 19.5 Å². The molecule has 1 N–H and O–H groups in total. The van der Waals surface area contributed by atoms with Gasteiger partial charge in [-0.15, -0.1) is 0 Å². The minimum Gasteiger partial charge on any atom is -0.493 e. The molecule has 1 fully saturated rings. The Labute approximate surface area is 143 Å². The number of benzene rings is 1. The molecule has 5 atom stereocenters. The molecule has 2 aliphatic heterocycles. The van der Waals surface area contributed by atoms with Gasteiger partial charge in [0, 0.05) is 27.1 Å². The minimum absolute atomic E-state index is 0.0303. The van der Waals surface area contributed by atoms with Crippen LogP contribution in [0.1, 0.15) is 29.9 Å². The molecule has 0 saturated carbocycles. The van der Waals surface area contributed by atoms with Crippen molar-refractivity contribution in [3.63, 3.8) is 0 Å². The number of methoxy groups -OCH3 is 1. The second kappa shape index (κ2) is 4.06. The lowest BCUT2D eigenvalue weighted by Crippen LogP contribution is -2.64. The van der Waals surface area contributed by atoms with E-state index >= 15 is 0 Å². The lowest BCUT2D eigenvalue weighted by Gasteiger charge is -2.56. The van der Waals surface area contributed by atoms with Gasteiger partial charge in [0.25, 0.3) is 0 Å². The van der Waals surface area contributed by atoms with Gasteiger partial charge in [0.2, 0.25) is 0 Å². The van der Waals surface area contributed by atoms with Crippen LogP contribution in [0.4, 0.5) is 0 Å². The van der Waals surface area contributed by atoms with E-state index < -0.39 is 55.4 Å². The first-order valence-electron chi connectivity index (χ1n) is 11.9. The highest BCUT2D eigenvalue weighted by atomic mass is 16.5. The Morgan fingerprint density at radius 1 is 1.55 bits per heavy atom. The molecule has 22 heavy (non-hydrogen) atoms. The molecule has 2 unspecified atom stereocenters. The van der Waals surface area contributed by atoms with Crippen molar-refractivity contribution in [1.82, 2.24) is 4.90 Å². The van der Waals surface area contributed by atoms with Crippen LogP contribution in [-0.4, -0.2) is 48.8 Å². The molecule has 2 aliphatic carbocycles. The van der Waals surface area contributed by atoms with Gasteiger partial charge in [0.15, 0.2) is 11.5 Å². The normalized spacial score (nSPS) is 51.5. The Morgan fingerprint density at radius 3 is 3.36 bits per heavy atom. The fourth-order valence-corrected chi connectivity index (χ4v) is 4.82. The summed E-state index contributed by atoms with van der Waals surface area (Å²) in [7, 11) is -2.89. The minimum atomic E-state index is -2.89. The molecule has 1 aromatic carbocycles. The van der Waals surface area contributed by atoms with Crippen LogP contribution in [0, 0.1) is 5.92 Å². The largest absolute Gasteiger partial charge is 0.493 e. The highest BCUT2D eigenvalue weighted by Crippen LogP contribution is 2.62. The quantitative estimate of drug-likeness (QED) is 0.799. The van der Waals surface area contributed by atoms with E-state index in [1.54, 1.807) is 6.08 Å². The predicted octanol–water partition coefficient (Wildman–Crippen LogP) is 1.50. The van der Waals surface area contributed by atoms with Gasteiger partial charge in [-0.1, -0.05) is 18.2 Å². The third kappa shape index (κ3) is 1.28. The molecular formula is C18H21NO3. The van der Waals surface area contributed by atoms with Gasteiger partial charge in [0.05, 0.1) is 15.3 Å². The average Bonchev–Trinajstić information content (AvgIpc) is 2.95. The van der Waals surface area contributed by atoms with E-state index in [0.29, 0.717) is 11.1 Å². The van der Waals surface area contributed by atoms with Gasteiger partial charge in [-0.25, -0.2) is 0 Å². The summed E-state index contributed by atoms with van der Waals surface area (Å²) in [6, 6.07) is -1.27. The number of ether oxygens (including phenoxy) is 2. The molecule has 1 saturated heterocycles. The monoisotopic (exact) mass is 308 g/mol. The van der Waals surface area contributed by atoms with Crippen LogP contribution in [0.5, 0.6) is 11.5 Å². The van der Waals surface area contributed by atoms with E-state index in [1.807, 2.05) is 0 Å². The molecule has 116 valence electrons. The van der Waals surface area contributed by atoms with Crippen LogP contribution < -0.4 is 9.47 Å². The Kier molecular flexibility index (Phi) is 1.28. The Balaban J connectivity index is 1.80. The Bertz CT molecular complexity index is 1000. The van der Waals surface area contributed by atoms with Crippen LogP contribution in [0.3, 0.4) is 0 Å². The zero-order valence-corrected chi connectivity index (χ0v) is 11.7. The highest BCUT2D eigenvalue weighted by Gasteiger charge is 2.64. The molecule has 1 spiro atoms. The average molecular weight is 308 g/mol. The zero-order valence-electron chi connectivity index (χ0n) is 20.7. The zero-order chi connectivity index (χ0) is 22.7. The van der Waals surface area contributed by atoms with E-state index in [9.17, 15) is 5.11 Å². The van der Waals surface area contributed by atoms with Crippen LogP contribution in [0.2, 0.25) is 0 Å². The summed E-state index contributed by atoms with van der Waals surface area (Å²) < 4.78 is 82.7. The number of hydrogen-bond acceptors (Lipinski definition) is 4. The summed E-state index contributed by atoms with van der Waals surface area (Å²) in [6.45, 7) is -2.22. The topological polar surface area (TPSA) is 41.9 Å². The van der Waals surface area contributed by atoms with Crippen molar-refractivity contribution in [2.45, 2.75) is 36.5 Å².